The second kappa shape index (κ2) is 5.45. The topological polar surface area (TPSA) is 50.1 Å². The number of nitrogens with zero attached hydrogens (tertiary/aromatic N) is 2. The van der Waals surface area contributed by atoms with Gasteiger partial charge in [0.05, 0.1) is 11.7 Å². The van der Waals surface area contributed by atoms with E-state index in [1.54, 1.807) is 12.1 Å². The van der Waals surface area contributed by atoms with Gasteiger partial charge in [-0.15, -0.1) is 0 Å². The van der Waals surface area contributed by atoms with E-state index in [1.165, 1.54) is 5.56 Å². The lowest BCUT2D eigenvalue weighted by molar-refractivity contribution is 0.355. The van der Waals surface area contributed by atoms with Crippen LogP contribution in [-0.4, -0.2) is 14.9 Å². The molecule has 0 fully saturated rings. The first-order chi connectivity index (χ1) is 8.95. The molecule has 19 heavy (non-hydrogen) atoms. The van der Waals surface area contributed by atoms with E-state index in [2.05, 4.69) is 37.4 Å². The van der Waals surface area contributed by atoms with Crippen LogP contribution in [0.1, 0.15) is 31.9 Å². The zero-order valence-corrected chi connectivity index (χ0v) is 11.7. The lowest BCUT2D eigenvalue weighted by atomic mass is 10.1. The molecule has 1 heterocycles. The summed E-state index contributed by atoms with van der Waals surface area (Å²) in [5.74, 6) is 0.301. The normalized spacial score (nSPS) is 11.7. The van der Waals surface area contributed by atoms with Gasteiger partial charge < -0.3 is 10.4 Å². The van der Waals surface area contributed by atoms with Gasteiger partial charge in [0.2, 0.25) is 0 Å². The molecule has 0 spiro atoms. The maximum Gasteiger partial charge on any atom is 0.115 e. The van der Waals surface area contributed by atoms with Crippen molar-refractivity contribution in [3.63, 3.8) is 0 Å². The predicted molar refractivity (Wildman–Crippen MR) is 75.9 cm³/mol. The summed E-state index contributed by atoms with van der Waals surface area (Å²) < 4.78 is 1.98. The Morgan fingerprint density at radius 2 is 1.74 bits per heavy atom. The molecule has 1 aromatic heterocycles. The van der Waals surface area contributed by atoms with E-state index in [0.717, 1.165) is 18.7 Å². The number of aromatic hydroxyl groups is 1. The second-order valence-corrected chi connectivity index (χ2v) is 5.73. The summed E-state index contributed by atoms with van der Waals surface area (Å²) in [7, 11) is 0. The van der Waals surface area contributed by atoms with Crippen molar-refractivity contribution >= 4 is 0 Å². The van der Waals surface area contributed by atoms with Gasteiger partial charge in [-0.05, 0) is 38.5 Å². The van der Waals surface area contributed by atoms with Crippen molar-refractivity contribution in [2.24, 2.45) is 0 Å². The molecule has 4 heteroatoms. The van der Waals surface area contributed by atoms with E-state index < -0.39 is 0 Å². The fraction of sp³-hybridized carbons (Fsp3) is 0.400. The summed E-state index contributed by atoms with van der Waals surface area (Å²) in [5.41, 5.74) is 2.35. The quantitative estimate of drug-likeness (QED) is 0.887. The maximum atomic E-state index is 9.21. The van der Waals surface area contributed by atoms with Crippen molar-refractivity contribution < 1.29 is 5.11 Å². The number of hydrogen-bond donors (Lipinski definition) is 2. The number of nitrogens with one attached hydrogen (secondary N) is 1. The van der Waals surface area contributed by atoms with Gasteiger partial charge >= 0.3 is 0 Å². The van der Waals surface area contributed by atoms with E-state index >= 15 is 0 Å². The van der Waals surface area contributed by atoms with Gasteiger partial charge in [0.15, 0.2) is 0 Å². The van der Waals surface area contributed by atoms with Gasteiger partial charge in [-0.3, -0.25) is 4.68 Å². The van der Waals surface area contributed by atoms with Gasteiger partial charge in [0.1, 0.15) is 5.75 Å². The molecule has 1 aromatic carbocycles. The van der Waals surface area contributed by atoms with Crippen molar-refractivity contribution in [1.29, 1.82) is 0 Å². The van der Waals surface area contributed by atoms with Crippen molar-refractivity contribution in [3.05, 3.63) is 47.8 Å². The molecule has 0 bridgehead atoms. The van der Waals surface area contributed by atoms with E-state index in [-0.39, 0.29) is 5.54 Å². The lowest BCUT2D eigenvalue weighted by Crippen LogP contribution is -2.22. The Kier molecular flexibility index (Phi) is 3.90. The van der Waals surface area contributed by atoms with Crippen LogP contribution in [0.25, 0.3) is 0 Å². The van der Waals surface area contributed by atoms with E-state index in [0.29, 0.717) is 5.75 Å². The van der Waals surface area contributed by atoms with Crippen LogP contribution in [0.15, 0.2) is 36.7 Å². The molecule has 0 amide bonds. The third-order valence-corrected chi connectivity index (χ3v) is 2.92. The average Bonchev–Trinajstić information content (AvgIpc) is 2.80. The van der Waals surface area contributed by atoms with Crippen LogP contribution in [0.2, 0.25) is 0 Å². The standard InChI is InChI=1S/C15H21N3O/c1-15(2,3)18-11-13(10-17-18)9-16-8-12-4-6-14(19)7-5-12/h4-7,10-11,16,19H,8-9H2,1-3H3. The SMILES string of the molecule is CC(C)(C)n1cc(CNCc2ccc(O)cc2)cn1. The Bertz CT molecular complexity index is 523. The summed E-state index contributed by atoms with van der Waals surface area (Å²) in [5, 5.41) is 16.9. The van der Waals surface area contributed by atoms with E-state index in [1.807, 2.05) is 23.0 Å². The fourth-order valence-electron chi connectivity index (χ4n) is 1.78. The van der Waals surface area contributed by atoms with Crippen LogP contribution >= 0.6 is 0 Å². The van der Waals surface area contributed by atoms with Gasteiger partial charge in [-0.1, -0.05) is 12.1 Å². The van der Waals surface area contributed by atoms with Gasteiger partial charge in [-0.2, -0.15) is 5.10 Å². The van der Waals surface area contributed by atoms with Gasteiger partial charge in [-0.25, -0.2) is 0 Å². The summed E-state index contributed by atoms with van der Waals surface area (Å²) in [6, 6.07) is 7.24. The molecule has 0 aliphatic rings. The third-order valence-electron chi connectivity index (χ3n) is 2.92. The predicted octanol–water partition coefficient (Wildman–Crippen LogP) is 2.63. The van der Waals surface area contributed by atoms with Crippen LogP contribution in [0, 0.1) is 0 Å². The van der Waals surface area contributed by atoms with Crippen LogP contribution in [0.3, 0.4) is 0 Å². The Morgan fingerprint density at radius 3 is 2.32 bits per heavy atom. The molecule has 0 aliphatic heterocycles. The summed E-state index contributed by atoms with van der Waals surface area (Å²) in [6.07, 6.45) is 3.97. The molecule has 0 saturated heterocycles. The number of phenolic OH excluding ortho intramolecular Hbond substituents is 1. The Labute approximate surface area is 114 Å². The second-order valence-electron chi connectivity index (χ2n) is 5.73. The summed E-state index contributed by atoms with van der Waals surface area (Å²) >= 11 is 0. The smallest absolute Gasteiger partial charge is 0.115 e. The average molecular weight is 259 g/mol. The molecule has 0 unspecified atom stereocenters. The van der Waals surface area contributed by atoms with Crippen molar-refractivity contribution in [3.8, 4) is 5.75 Å². The molecule has 0 saturated carbocycles. The minimum atomic E-state index is 0.0230. The van der Waals surface area contributed by atoms with E-state index in [9.17, 15) is 5.11 Å². The Balaban J connectivity index is 1.86. The van der Waals surface area contributed by atoms with Crippen LogP contribution in [-0.2, 0) is 18.6 Å². The van der Waals surface area contributed by atoms with Crippen molar-refractivity contribution in [2.45, 2.75) is 39.4 Å². The van der Waals surface area contributed by atoms with Crippen LogP contribution < -0.4 is 5.32 Å². The molecule has 2 aromatic rings. The Morgan fingerprint density at radius 1 is 1.11 bits per heavy atom. The van der Waals surface area contributed by atoms with E-state index in [4.69, 9.17) is 0 Å². The molecule has 2 rings (SSSR count). The zero-order chi connectivity index (χ0) is 13.9. The van der Waals surface area contributed by atoms with Crippen LogP contribution in [0.5, 0.6) is 5.75 Å². The minimum Gasteiger partial charge on any atom is -0.508 e. The molecule has 0 aliphatic carbocycles. The largest absolute Gasteiger partial charge is 0.508 e. The highest BCUT2D eigenvalue weighted by Crippen LogP contribution is 2.13. The highest BCUT2D eigenvalue weighted by atomic mass is 16.3. The van der Waals surface area contributed by atoms with Gasteiger partial charge in [0, 0.05) is 24.8 Å². The molecular formula is C15H21N3O. The lowest BCUT2D eigenvalue weighted by Gasteiger charge is -2.18. The summed E-state index contributed by atoms with van der Waals surface area (Å²) in [6.45, 7) is 7.97. The minimum absolute atomic E-state index is 0.0230. The fourth-order valence-corrected chi connectivity index (χ4v) is 1.78. The number of benzene rings is 1. The zero-order valence-electron chi connectivity index (χ0n) is 11.7. The monoisotopic (exact) mass is 259 g/mol. The number of aromatic nitrogens is 2. The molecule has 102 valence electrons. The van der Waals surface area contributed by atoms with Crippen LogP contribution in [0.4, 0.5) is 0 Å². The first-order valence-corrected chi connectivity index (χ1v) is 6.48. The highest BCUT2D eigenvalue weighted by molar-refractivity contribution is 5.25. The highest BCUT2D eigenvalue weighted by Gasteiger charge is 2.13. The first kappa shape index (κ1) is 13.6. The van der Waals surface area contributed by atoms with Crippen molar-refractivity contribution in [1.82, 2.24) is 15.1 Å². The van der Waals surface area contributed by atoms with Gasteiger partial charge in [0.25, 0.3) is 0 Å². The first-order valence-electron chi connectivity index (χ1n) is 6.48. The number of rotatable bonds is 4. The molecular weight excluding hydrogens is 238 g/mol. The maximum absolute atomic E-state index is 9.21. The third kappa shape index (κ3) is 3.83. The van der Waals surface area contributed by atoms with Crippen molar-refractivity contribution in [2.75, 3.05) is 0 Å². The molecule has 0 radical (unpaired) electrons. The molecule has 2 N–H and O–H groups in total. The number of hydrogen-bond acceptors (Lipinski definition) is 3. The Hall–Kier alpha value is -1.81. The molecule has 4 nitrogen and oxygen atoms in total. The molecule has 0 atom stereocenters. The number of phenols is 1. The summed E-state index contributed by atoms with van der Waals surface area (Å²) in [4.78, 5) is 0.